The van der Waals surface area contributed by atoms with Crippen molar-refractivity contribution in [3.63, 3.8) is 0 Å². The molecule has 0 fully saturated rings. The number of aliphatic hydroxyl groups excluding tert-OH is 2. The van der Waals surface area contributed by atoms with Gasteiger partial charge in [-0.2, -0.15) is 10.2 Å². The third-order valence-corrected chi connectivity index (χ3v) is 9.33. The number of ether oxygens (including phenoxy) is 7. The summed E-state index contributed by atoms with van der Waals surface area (Å²) in [6, 6.07) is 14.5. The summed E-state index contributed by atoms with van der Waals surface area (Å²) in [5.74, 6) is 1.76. The van der Waals surface area contributed by atoms with E-state index >= 15 is 0 Å². The molecule has 0 radical (unpaired) electrons. The van der Waals surface area contributed by atoms with E-state index in [0.29, 0.717) is 102 Å². The van der Waals surface area contributed by atoms with E-state index in [1.54, 1.807) is 24.3 Å². The van der Waals surface area contributed by atoms with E-state index in [-0.39, 0.29) is 30.0 Å². The molecule has 368 valence electrons. The molecule has 0 aliphatic heterocycles. The average molecular weight is 935 g/mol. The fourth-order valence-corrected chi connectivity index (χ4v) is 6.19. The first-order chi connectivity index (χ1) is 32.2. The summed E-state index contributed by atoms with van der Waals surface area (Å²) in [5.41, 5.74) is 16.4. The number of fused-ring (bicyclic) bond motifs is 2. The van der Waals surface area contributed by atoms with Gasteiger partial charge in [-0.1, -0.05) is 6.92 Å². The van der Waals surface area contributed by atoms with Gasteiger partial charge >= 0.3 is 0 Å². The number of aromatic hydroxyl groups is 1. The standard InChI is InChI=1S/C23H33N5O5.C15H17N5O.C9H20O4/c1-23(2,3)28-22-19(21(24)25-16-26-22)20(27-28)17-4-6-18(7-5-17)33-15-14-32-13-12-31-11-10-30-9-8-29;1-15(2,3)20-14-11(13(16)17-8-18-14)12(19-20)9-4-6-10(21)7-5-9;1-2-4-11-6-8-13-9-7-12-5-3-10/h4-7,16,29H,8-15H2,1-3H3,(H2,24,25,26);4-8,21H,1-3H3,(H2,16,17,18);10H,2-9H2,1H3. The number of nitrogen functional groups attached to an aromatic ring is 2. The van der Waals surface area contributed by atoms with Crippen LogP contribution in [0.1, 0.15) is 54.9 Å². The zero-order chi connectivity index (χ0) is 48.7. The van der Waals surface area contributed by atoms with E-state index < -0.39 is 0 Å². The molecule has 2 aromatic carbocycles. The van der Waals surface area contributed by atoms with Gasteiger partial charge in [0.15, 0.2) is 11.3 Å². The Kier molecular flexibility index (Phi) is 22.5. The normalized spacial score (nSPS) is 11.7. The van der Waals surface area contributed by atoms with Gasteiger partial charge in [-0.15, -0.1) is 0 Å². The highest BCUT2D eigenvalue weighted by Crippen LogP contribution is 2.35. The first-order valence-corrected chi connectivity index (χ1v) is 22.4. The van der Waals surface area contributed by atoms with Crippen molar-refractivity contribution in [2.45, 2.75) is 66.0 Å². The second-order valence-corrected chi connectivity index (χ2v) is 16.8. The number of benzene rings is 2. The molecular formula is C47H70N10O10. The van der Waals surface area contributed by atoms with Crippen molar-refractivity contribution in [2.24, 2.45) is 0 Å². The quantitative estimate of drug-likeness (QED) is 0.0487. The summed E-state index contributed by atoms with van der Waals surface area (Å²) in [6.07, 6.45) is 3.95. The Bertz CT molecular complexity index is 2300. The van der Waals surface area contributed by atoms with Crippen LogP contribution in [0.3, 0.4) is 0 Å². The maximum absolute atomic E-state index is 9.43. The molecular weight excluding hydrogens is 865 g/mol. The number of nitrogens with zero attached hydrogens (tertiary/aromatic N) is 8. The number of anilines is 2. The van der Waals surface area contributed by atoms with Crippen molar-refractivity contribution in [3.05, 3.63) is 61.2 Å². The third kappa shape index (κ3) is 17.2. The number of nitrogens with two attached hydrogens (primary N) is 2. The van der Waals surface area contributed by atoms with Crippen molar-refractivity contribution in [1.82, 2.24) is 39.5 Å². The molecule has 0 atom stereocenters. The van der Waals surface area contributed by atoms with E-state index in [9.17, 15) is 5.11 Å². The minimum atomic E-state index is -0.251. The molecule has 20 heteroatoms. The van der Waals surface area contributed by atoms with Crippen LogP contribution in [0.15, 0.2) is 61.2 Å². The van der Waals surface area contributed by atoms with Crippen LogP contribution in [0.2, 0.25) is 0 Å². The lowest BCUT2D eigenvalue weighted by Gasteiger charge is -2.19. The van der Waals surface area contributed by atoms with Crippen LogP contribution in [0.5, 0.6) is 11.5 Å². The van der Waals surface area contributed by atoms with Gasteiger partial charge < -0.3 is 59.9 Å². The minimum Gasteiger partial charge on any atom is -0.508 e. The van der Waals surface area contributed by atoms with Crippen molar-refractivity contribution < 1.29 is 48.5 Å². The van der Waals surface area contributed by atoms with Crippen molar-refractivity contribution >= 4 is 33.7 Å². The lowest BCUT2D eigenvalue weighted by Crippen LogP contribution is -2.23. The van der Waals surface area contributed by atoms with Crippen LogP contribution in [0, 0.1) is 0 Å². The smallest absolute Gasteiger partial charge is 0.164 e. The molecule has 0 saturated carbocycles. The van der Waals surface area contributed by atoms with Gasteiger partial charge in [0.25, 0.3) is 0 Å². The number of phenols is 1. The summed E-state index contributed by atoms with van der Waals surface area (Å²) in [6.45, 7) is 21.2. The Morgan fingerprint density at radius 2 is 0.851 bits per heavy atom. The summed E-state index contributed by atoms with van der Waals surface area (Å²) >= 11 is 0. The molecule has 4 heterocycles. The van der Waals surface area contributed by atoms with Gasteiger partial charge in [0.1, 0.15) is 53.8 Å². The molecule has 0 spiro atoms. The largest absolute Gasteiger partial charge is 0.508 e. The predicted octanol–water partition coefficient (Wildman–Crippen LogP) is 5.23. The Balaban J connectivity index is 0.000000245. The Morgan fingerprint density at radius 1 is 0.493 bits per heavy atom. The Morgan fingerprint density at radius 3 is 1.22 bits per heavy atom. The van der Waals surface area contributed by atoms with Crippen molar-refractivity contribution in [3.8, 4) is 34.0 Å². The van der Waals surface area contributed by atoms with Crippen LogP contribution >= 0.6 is 0 Å². The average Bonchev–Trinajstić information content (AvgIpc) is 3.91. The van der Waals surface area contributed by atoms with Gasteiger partial charge in [-0.3, -0.25) is 0 Å². The van der Waals surface area contributed by atoms with Gasteiger partial charge in [-0.25, -0.2) is 29.3 Å². The maximum atomic E-state index is 9.43. The Labute approximate surface area is 392 Å². The van der Waals surface area contributed by atoms with E-state index in [0.717, 1.165) is 52.1 Å². The number of phenolic OH excluding ortho intramolecular Hbond substituents is 1. The van der Waals surface area contributed by atoms with E-state index in [2.05, 4.69) is 73.5 Å². The lowest BCUT2D eigenvalue weighted by atomic mass is 10.1. The molecule has 7 N–H and O–H groups in total. The molecule has 6 aromatic rings. The number of rotatable bonds is 24. The molecule has 0 amide bonds. The molecule has 0 aliphatic rings. The van der Waals surface area contributed by atoms with Gasteiger partial charge in [-0.05, 0) is 96.5 Å². The minimum absolute atomic E-state index is 0.0218. The molecule has 6 rings (SSSR count). The van der Waals surface area contributed by atoms with Crippen LogP contribution in [-0.2, 0) is 39.5 Å². The number of hydrogen-bond donors (Lipinski definition) is 5. The van der Waals surface area contributed by atoms with E-state index in [4.69, 9.17) is 59.9 Å². The fourth-order valence-electron chi connectivity index (χ4n) is 6.19. The Hall–Kier alpha value is -5.58. The van der Waals surface area contributed by atoms with Crippen LogP contribution in [-0.4, -0.2) is 154 Å². The van der Waals surface area contributed by atoms with Gasteiger partial charge in [0.05, 0.1) is 108 Å². The number of aromatic nitrogens is 8. The molecule has 67 heavy (non-hydrogen) atoms. The van der Waals surface area contributed by atoms with Crippen LogP contribution in [0.25, 0.3) is 44.6 Å². The molecule has 20 nitrogen and oxygen atoms in total. The summed E-state index contributed by atoms with van der Waals surface area (Å²) in [5, 5.41) is 37.4. The maximum Gasteiger partial charge on any atom is 0.164 e. The van der Waals surface area contributed by atoms with E-state index in [1.807, 2.05) is 33.6 Å². The summed E-state index contributed by atoms with van der Waals surface area (Å²) in [4.78, 5) is 17.0. The lowest BCUT2D eigenvalue weighted by molar-refractivity contribution is 0.00361. The fraction of sp³-hybridized carbons (Fsp3) is 0.532. The zero-order valence-corrected chi connectivity index (χ0v) is 40.0. The SMILES string of the molecule is CC(C)(C)n1nc(-c2ccc(O)cc2)c2c(N)ncnc21.CC(C)(C)n1nc(-c2ccc(OCCOCCOCCOCCO)cc2)c2c(N)ncnc21.CCCOCCOCCOCCO. The van der Waals surface area contributed by atoms with Crippen LogP contribution < -0.4 is 16.2 Å². The predicted molar refractivity (Wildman–Crippen MR) is 257 cm³/mol. The highest BCUT2D eigenvalue weighted by Gasteiger charge is 2.25. The second kappa shape index (κ2) is 27.9. The summed E-state index contributed by atoms with van der Waals surface area (Å²) in [7, 11) is 0. The molecule has 0 bridgehead atoms. The summed E-state index contributed by atoms with van der Waals surface area (Å²) < 4.78 is 40.8. The first kappa shape index (κ1) is 54.0. The second-order valence-electron chi connectivity index (χ2n) is 16.8. The monoisotopic (exact) mass is 935 g/mol. The first-order valence-electron chi connectivity index (χ1n) is 22.4. The highest BCUT2D eigenvalue weighted by molar-refractivity contribution is 5.99. The number of hydrogen-bond acceptors (Lipinski definition) is 18. The molecule has 0 saturated heterocycles. The number of aliphatic hydroxyl groups is 2. The van der Waals surface area contributed by atoms with Gasteiger partial charge in [0, 0.05) is 17.7 Å². The van der Waals surface area contributed by atoms with E-state index in [1.165, 1.54) is 12.7 Å². The molecule has 0 unspecified atom stereocenters. The highest BCUT2D eigenvalue weighted by atomic mass is 16.6. The zero-order valence-electron chi connectivity index (χ0n) is 40.0. The van der Waals surface area contributed by atoms with Crippen molar-refractivity contribution in [2.75, 3.05) is 111 Å². The topological polar surface area (TPSA) is 265 Å². The van der Waals surface area contributed by atoms with Crippen LogP contribution in [0.4, 0.5) is 11.6 Å². The van der Waals surface area contributed by atoms with Crippen molar-refractivity contribution in [1.29, 1.82) is 0 Å². The van der Waals surface area contributed by atoms with Gasteiger partial charge in [0.2, 0.25) is 0 Å². The molecule has 0 aliphatic carbocycles. The third-order valence-electron chi connectivity index (χ3n) is 9.33. The molecule has 4 aromatic heterocycles.